The van der Waals surface area contributed by atoms with Crippen molar-refractivity contribution in [2.24, 2.45) is 5.10 Å². The van der Waals surface area contributed by atoms with Crippen LogP contribution in [0.3, 0.4) is 0 Å². The number of amidine groups is 1. The van der Waals surface area contributed by atoms with E-state index in [1.54, 1.807) is 0 Å². The molecular formula is C20H27ClN6O. The summed E-state index contributed by atoms with van der Waals surface area (Å²) in [6.07, 6.45) is 7.12. The van der Waals surface area contributed by atoms with Crippen molar-refractivity contribution in [1.29, 1.82) is 0 Å². The Morgan fingerprint density at radius 2 is 2.14 bits per heavy atom. The number of hydrazine groups is 1. The highest BCUT2D eigenvalue weighted by Gasteiger charge is 2.44. The molecule has 4 unspecified atom stereocenters. The largest absolute Gasteiger partial charge is 0.354 e. The normalized spacial score (nSPS) is 26.4. The van der Waals surface area contributed by atoms with Gasteiger partial charge in [0, 0.05) is 36.3 Å². The van der Waals surface area contributed by atoms with Crippen LogP contribution in [0.25, 0.3) is 0 Å². The molecule has 8 heteroatoms. The summed E-state index contributed by atoms with van der Waals surface area (Å²) in [5, 5.41) is 10.4. The summed E-state index contributed by atoms with van der Waals surface area (Å²) in [5.41, 5.74) is 8.04. The number of nitrogens with one attached hydrogen (secondary N) is 3. The lowest BCUT2D eigenvalue weighted by Crippen LogP contribution is -2.54. The molecule has 28 heavy (non-hydrogen) atoms. The average molecular weight is 403 g/mol. The van der Waals surface area contributed by atoms with Crippen LogP contribution in [0.2, 0.25) is 5.02 Å². The van der Waals surface area contributed by atoms with Crippen LogP contribution in [0, 0.1) is 0 Å². The lowest BCUT2D eigenvalue weighted by molar-refractivity contribution is -0.121. The van der Waals surface area contributed by atoms with Crippen LogP contribution in [0.1, 0.15) is 51.1 Å². The molecule has 4 atom stereocenters. The molecular weight excluding hydrogens is 376 g/mol. The zero-order chi connectivity index (χ0) is 19.7. The molecule has 3 N–H and O–H groups in total. The molecule has 7 nitrogen and oxygen atoms in total. The third-order valence-corrected chi connectivity index (χ3v) is 5.94. The Morgan fingerprint density at radius 3 is 2.89 bits per heavy atom. The Morgan fingerprint density at radius 1 is 1.36 bits per heavy atom. The van der Waals surface area contributed by atoms with Gasteiger partial charge in [-0.15, -0.1) is 0 Å². The molecule has 0 bridgehead atoms. The van der Waals surface area contributed by atoms with E-state index in [2.05, 4.69) is 56.4 Å². The lowest BCUT2D eigenvalue weighted by atomic mass is 9.99. The molecule has 1 saturated heterocycles. The molecule has 0 spiro atoms. The maximum absolute atomic E-state index is 12.1. The van der Waals surface area contributed by atoms with Crippen LogP contribution in [0.5, 0.6) is 0 Å². The van der Waals surface area contributed by atoms with Gasteiger partial charge in [-0.2, -0.15) is 5.10 Å². The number of hydrazone groups is 1. The van der Waals surface area contributed by atoms with E-state index in [0.717, 1.165) is 23.7 Å². The van der Waals surface area contributed by atoms with E-state index < -0.39 is 0 Å². The number of hydrogen-bond acceptors (Lipinski definition) is 6. The number of halogens is 1. The summed E-state index contributed by atoms with van der Waals surface area (Å²) in [5.74, 6) is 0.989. The molecule has 3 aliphatic rings. The number of benzene rings is 1. The van der Waals surface area contributed by atoms with E-state index in [0.29, 0.717) is 12.8 Å². The molecule has 4 rings (SSSR count). The van der Waals surface area contributed by atoms with Gasteiger partial charge in [0.1, 0.15) is 12.0 Å². The Bertz CT molecular complexity index is 779. The maximum Gasteiger partial charge on any atom is 0.220 e. The lowest BCUT2D eigenvalue weighted by Gasteiger charge is -2.37. The highest BCUT2D eigenvalue weighted by Crippen LogP contribution is 2.34. The Labute approximate surface area is 170 Å². The molecule has 1 aromatic rings. The second-order valence-corrected chi connectivity index (χ2v) is 8.06. The molecule has 1 fully saturated rings. The van der Waals surface area contributed by atoms with Crippen molar-refractivity contribution in [3.63, 3.8) is 0 Å². The van der Waals surface area contributed by atoms with Gasteiger partial charge in [-0.25, -0.2) is 5.43 Å². The molecule has 1 amide bonds. The number of carbonyl (C=O) groups excluding carboxylic acids is 1. The number of fused-ring (bicyclic) bond motifs is 3. The molecule has 150 valence electrons. The molecule has 1 aromatic carbocycles. The highest BCUT2D eigenvalue weighted by molar-refractivity contribution is 6.30. The molecule has 3 aliphatic heterocycles. The summed E-state index contributed by atoms with van der Waals surface area (Å²) in [6.45, 7) is 4.09. The average Bonchev–Trinajstić information content (AvgIpc) is 3.30. The first-order valence-electron chi connectivity index (χ1n) is 9.93. The minimum absolute atomic E-state index is 0.0717. The van der Waals surface area contributed by atoms with E-state index >= 15 is 0 Å². The summed E-state index contributed by atoms with van der Waals surface area (Å²) in [4.78, 5) is 14.2. The highest BCUT2D eigenvalue weighted by atomic mass is 35.5. The number of nitrogens with zero attached hydrogens (tertiary/aromatic N) is 3. The van der Waals surface area contributed by atoms with Gasteiger partial charge < -0.3 is 15.2 Å². The molecule has 0 aromatic heterocycles. The Balaban J connectivity index is 1.36. The van der Waals surface area contributed by atoms with Gasteiger partial charge in [-0.1, -0.05) is 30.7 Å². The number of carbonyl (C=O) groups is 1. The van der Waals surface area contributed by atoms with Crippen LogP contribution < -0.4 is 16.2 Å². The first kappa shape index (κ1) is 19.1. The minimum atomic E-state index is 0.0717. The van der Waals surface area contributed by atoms with Gasteiger partial charge in [0.25, 0.3) is 0 Å². The third-order valence-electron chi connectivity index (χ3n) is 5.68. The van der Waals surface area contributed by atoms with Gasteiger partial charge in [0.2, 0.25) is 5.91 Å². The van der Waals surface area contributed by atoms with Crippen LogP contribution in [0.4, 0.5) is 0 Å². The van der Waals surface area contributed by atoms with Crippen molar-refractivity contribution >= 4 is 23.3 Å². The van der Waals surface area contributed by atoms with E-state index in [1.807, 2.05) is 25.3 Å². The number of hydrogen-bond donors (Lipinski definition) is 3. The van der Waals surface area contributed by atoms with Crippen molar-refractivity contribution < 1.29 is 4.79 Å². The molecule has 0 radical (unpaired) electrons. The summed E-state index contributed by atoms with van der Waals surface area (Å²) < 4.78 is 0. The smallest absolute Gasteiger partial charge is 0.220 e. The van der Waals surface area contributed by atoms with E-state index in [9.17, 15) is 4.79 Å². The van der Waals surface area contributed by atoms with Crippen LogP contribution in [-0.2, 0) is 4.79 Å². The summed E-state index contributed by atoms with van der Waals surface area (Å²) in [6, 6.07) is 8.69. The van der Waals surface area contributed by atoms with E-state index in [-0.39, 0.29) is 30.2 Å². The van der Waals surface area contributed by atoms with E-state index in [4.69, 9.17) is 11.6 Å². The van der Waals surface area contributed by atoms with Gasteiger partial charge in [-0.3, -0.25) is 10.2 Å². The zero-order valence-electron chi connectivity index (χ0n) is 16.2. The predicted octanol–water partition coefficient (Wildman–Crippen LogP) is 2.68. The molecule has 3 heterocycles. The second-order valence-electron chi connectivity index (χ2n) is 7.63. The predicted molar refractivity (Wildman–Crippen MR) is 110 cm³/mol. The number of amides is 1. The Hall–Kier alpha value is -2.25. The van der Waals surface area contributed by atoms with Crippen molar-refractivity contribution in [3.05, 3.63) is 47.3 Å². The van der Waals surface area contributed by atoms with Crippen molar-refractivity contribution in [2.75, 3.05) is 0 Å². The van der Waals surface area contributed by atoms with Gasteiger partial charge in [0.15, 0.2) is 0 Å². The summed E-state index contributed by atoms with van der Waals surface area (Å²) >= 11 is 6.01. The van der Waals surface area contributed by atoms with Crippen molar-refractivity contribution in [1.82, 2.24) is 26.1 Å². The zero-order valence-corrected chi connectivity index (χ0v) is 17.0. The fourth-order valence-electron chi connectivity index (χ4n) is 3.90. The first-order chi connectivity index (χ1) is 13.5. The third kappa shape index (κ3) is 3.82. The first-order valence-corrected chi connectivity index (χ1v) is 10.3. The quantitative estimate of drug-likeness (QED) is 0.682. The van der Waals surface area contributed by atoms with Crippen LogP contribution in [0.15, 0.2) is 41.8 Å². The maximum atomic E-state index is 12.1. The fraction of sp³-hybridized carbons (Fsp3) is 0.500. The second kappa shape index (κ2) is 8.01. The van der Waals surface area contributed by atoms with Crippen molar-refractivity contribution in [3.8, 4) is 0 Å². The summed E-state index contributed by atoms with van der Waals surface area (Å²) in [7, 11) is 0. The monoisotopic (exact) mass is 402 g/mol. The minimum Gasteiger partial charge on any atom is -0.354 e. The topological polar surface area (TPSA) is 72.0 Å². The van der Waals surface area contributed by atoms with Crippen LogP contribution in [-0.4, -0.2) is 39.9 Å². The van der Waals surface area contributed by atoms with Gasteiger partial charge >= 0.3 is 0 Å². The molecule has 0 aliphatic carbocycles. The fourth-order valence-corrected chi connectivity index (χ4v) is 4.02. The van der Waals surface area contributed by atoms with Crippen LogP contribution >= 0.6 is 11.6 Å². The van der Waals surface area contributed by atoms with Gasteiger partial charge in [-0.05, 0) is 37.5 Å². The standard InChI is InChI=1S/C20H27ClN6O/c1-3-13(2)22-19(28)9-8-18-23-24-20-17-12-16(14-4-6-15(21)7-5-14)25-27(17)11-10-26(18)20/h4-7,10-11,13,16-17,20,24-25H,3,8-9,12H2,1-2H3,(H,22,28). The molecule has 0 saturated carbocycles. The SMILES string of the molecule is CCC(C)NC(=O)CCC1=NNC2C3CC(c4ccc(Cl)cc4)NN3C=CN12. The van der Waals surface area contributed by atoms with Gasteiger partial charge in [0.05, 0.1) is 12.1 Å². The van der Waals surface area contributed by atoms with Crippen molar-refractivity contribution in [2.45, 2.75) is 63.8 Å². The number of rotatable bonds is 6. The Kier molecular flexibility index (Phi) is 5.46. The van der Waals surface area contributed by atoms with E-state index in [1.165, 1.54) is 5.56 Å².